The van der Waals surface area contributed by atoms with E-state index in [-0.39, 0.29) is 19.4 Å². The molecule has 9 heteroatoms. The number of esters is 2. The van der Waals surface area contributed by atoms with Crippen molar-refractivity contribution in [2.45, 2.75) is 238 Å². The third-order valence-corrected chi connectivity index (χ3v) is 10.1. The first-order chi connectivity index (χ1) is 24.3. The van der Waals surface area contributed by atoms with Crippen LogP contribution in [0.25, 0.3) is 0 Å². The van der Waals surface area contributed by atoms with Crippen LogP contribution in [0.1, 0.15) is 232 Å². The Bertz CT molecular complexity index is 787. The summed E-state index contributed by atoms with van der Waals surface area (Å²) in [4.78, 5) is 42.7. The normalized spacial score (nSPS) is 12.3. The van der Waals surface area contributed by atoms with E-state index in [1.807, 2.05) is 0 Å². The molecule has 0 amide bonds. The minimum absolute atomic E-state index is 0.219. The van der Waals surface area contributed by atoms with E-state index in [1.165, 1.54) is 161 Å². The van der Waals surface area contributed by atoms with Crippen molar-refractivity contribution in [2.24, 2.45) is 0 Å². The topological polar surface area (TPSA) is 119 Å². The number of carbonyl (C=O) groups is 2. The molecule has 0 aliphatic carbocycles. The Hall–Kier alpha value is -0.950. The first-order valence-electron chi connectivity index (χ1n) is 21.3. The van der Waals surface area contributed by atoms with Gasteiger partial charge in [-0.1, -0.05) is 206 Å². The van der Waals surface area contributed by atoms with Crippen molar-refractivity contribution in [3.8, 4) is 0 Å². The van der Waals surface area contributed by atoms with Gasteiger partial charge in [-0.3, -0.25) is 14.1 Å². The van der Waals surface area contributed by atoms with Crippen molar-refractivity contribution >= 4 is 19.8 Å². The number of unbranched alkanes of at least 4 members (excludes halogenated alkanes) is 30. The summed E-state index contributed by atoms with van der Waals surface area (Å²) < 4.78 is 26.3. The van der Waals surface area contributed by atoms with Crippen LogP contribution in [-0.2, 0) is 28.2 Å². The highest BCUT2D eigenvalue weighted by Gasteiger charge is 2.22. The minimum atomic E-state index is -4.74. The van der Waals surface area contributed by atoms with Gasteiger partial charge in [0.15, 0.2) is 6.10 Å². The highest BCUT2D eigenvalue weighted by Crippen LogP contribution is 2.36. The van der Waals surface area contributed by atoms with Crippen LogP contribution in [0.15, 0.2) is 0 Å². The number of carbonyl (C=O) groups excluding carboxylic acids is 2. The average Bonchev–Trinajstić information content (AvgIpc) is 3.08. The number of hydrogen-bond donors (Lipinski definition) is 2. The van der Waals surface area contributed by atoms with Crippen LogP contribution in [0.2, 0.25) is 0 Å². The zero-order chi connectivity index (χ0) is 36.8. The van der Waals surface area contributed by atoms with Gasteiger partial charge < -0.3 is 19.3 Å². The largest absolute Gasteiger partial charge is 0.469 e. The molecule has 298 valence electrons. The average molecular weight is 733 g/mol. The van der Waals surface area contributed by atoms with E-state index < -0.39 is 32.5 Å². The highest BCUT2D eigenvalue weighted by atomic mass is 31.2. The van der Waals surface area contributed by atoms with Crippen LogP contribution in [0, 0.1) is 0 Å². The first kappa shape index (κ1) is 49.0. The van der Waals surface area contributed by atoms with E-state index >= 15 is 0 Å². The summed E-state index contributed by atoms with van der Waals surface area (Å²) >= 11 is 0. The molecule has 2 N–H and O–H groups in total. The molecule has 0 unspecified atom stereocenters. The Morgan fingerprint density at radius 1 is 0.440 bits per heavy atom. The van der Waals surface area contributed by atoms with Gasteiger partial charge in [0, 0.05) is 12.8 Å². The second kappa shape index (κ2) is 37.8. The molecule has 0 saturated carbocycles. The number of rotatable bonds is 40. The van der Waals surface area contributed by atoms with Crippen molar-refractivity contribution in [3.63, 3.8) is 0 Å². The lowest BCUT2D eigenvalue weighted by Gasteiger charge is -2.18. The van der Waals surface area contributed by atoms with Gasteiger partial charge in [-0.05, 0) is 12.8 Å². The quantitative estimate of drug-likeness (QED) is 0.0363. The minimum Gasteiger partial charge on any atom is -0.462 e. The van der Waals surface area contributed by atoms with Crippen LogP contribution in [0.5, 0.6) is 0 Å². The lowest BCUT2D eigenvalue weighted by atomic mass is 10.0. The smallest absolute Gasteiger partial charge is 0.462 e. The van der Waals surface area contributed by atoms with Gasteiger partial charge >= 0.3 is 19.8 Å². The van der Waals surface area contributed by atoms with Crippen LogP contribution < -0.4 is 0 Å². The lowest BCUT2D eigenvalue weighted by molar-refractivity contribution is -0.161. The summed E-state index contributed by atoms with van der Waals surface area (Å²) in [7, 11) is -4.74. The summed E-state index contributed by atoms with van der Waals surface area (Å²) in [6.45, 7) is 3.69. The molecule has 0 aromatic carbocycles. The fraction of sp³-hybridized carbons (Fsp3) is 0.951. The maximum atomic E-state index is 12.3. The predicted octanol–water partition coefficient (Wildman–Crippen LogP) is 12.9. The monoisotopic (exact) mass is 733 g/mol. The second-order valence-electron chi connectivity index (χ2n) is 14.7. The van der Waals surface area contributed by atoms with Gasteiger partial charge in [-0.2, -0.15) is 0 Å². The zero-order valence-corrected chi connectivity index (χ0v) is 33.7. The maximum absolute atomic E-state index is 12.3. The molecule has 0 spiro atoms. The maximum Gasteiger partial charge on any atom is 0.469 e. The van der Waals surface area contributed by atoms with Gasteiger partial charge in [0.1, 0.15) is 6.61 Å². The van der Waals surface area contributed by atoms with E-state index in [9.17, 15) is 14.2 Å². The Balaban J connectivity index is 3.75. The molecule has 0 aliphatic rings. The van der Waals surface area contributed by atoms with Crippen LogP contribution in [-0.4, -0.2) is 41.0 Å². The third-order valence-electron chi connectivity index (χ3n) is 9.63. The molecule has 0 heterocycles. The van der Waals surface area contributed by atoms with Crippen molar-refractivity contribution in [2.75, 3.05) is 13.2 Å². The van der Waals surface area contributed by atoms with Crippen LogP contribution >= 0.6 is 7.82 Å². The van der Waals surface area contributed by atoms with Crippen molar-refractivity contribution in [3.05, 3.63) is 0 Å². The molecule has 0 radical (unpaired) electrons. The van der Waals surface area contributed by atoms with Crippen molar-refractivity contribution in [1.29, 1.82) is 0 Å². The summed E-state index contributed by atoms with van der Waals surface area (Å²) in [5.41, 5.74) is 0. The number of hydrogen-bond acceptors (Lipinski definition) is 6. The van der Waals surface area contributed by atoms with Gasteiger partial charge in [0.25, 0.3) is 0 Å². The molecular weight excluding hydrogens is 651 g/mol. The Morgan fingerprint density at radius 3 is 1.02 bits per heavy atom. The van der Waals surface area contributed by atoms with Gasteiger partial charge in [0.2, 0.25) is 0 Å². The zero-order valence-electron chi connectivity index (χ0n) is 32.8. The molecule has 0 fully saturated rings. The molecule has 50 heavy (non-hydrogen) atoms. The standard InChI is InChI=1S/C41H81O8P/c1-3-5-7-9-11-13-15-16-17-18-19-20-21-22-23-24-25-26-28-29-31-33-35-40(42)47-37-39(38-48-50(44,45)46)49-41(43)36-34-32-30-27-14-12-10-8-6-4-2/h39H,3-38H2,1-2H3,(H2,44,45,46)/t39-/m1/s1. The van der Waals surface area contributed by atoms with Gasteiger partial charge in [0.05, 0.1) is 6.61 Å². The van der Waals surface area contributed by atoms with E-state index in [1.54, 1.807) is 0 Å². The van der Waals surface area contributed by atoms with E-state index in [4.69, 9.17) is 19.3 Å². The summed E-state index contributed by atoms with van der Waals surface area (Å²) in [6, 6.07) is 0. The molecule has 1 atom stereocenters. The number of phosphoric ester groups is 1. The molecule has 8 nitrogen and oxygen atoms in total. The molecule has 0 rings (SSSR count). The number of phosphoric acid groups is 1. The fourth-order valence-electron chi connectivity index (χ4n) is 6.43. The predicted molar refractivity (Wildman–Crippen MR) is 207 cm³/mol. The van der Waals surface area contributed by atoms with Crippen molar-refractivity contribution < 1.29 is 37.9 Å². The van der Waals surface area contributed by atoms with Gasteiger partial charge in [-0.15, -0.1) is 0 Å². The lowest BCUT2D eigenvalue weighted by Crippen LogP contribution is -2.29. The Labute approximate surface area is 308 Å². The molecule has 0 aromatic heterocycles. The first-order valence-corrected chi connectivity index (χ1v) is 22.9. The van der Waals surface area contributed by atoms with Gasteiger partial charge in [-0.25, -0.2) is 4.57 Å². The van der Waals surface area contributed by atoms with E-state index in [0.717, 1.165) is 38.5 Å². The SMILES string of the molecule is CCCCCCCCCCCCCCCCCCCCCCCCC(=O)OC[C@H](COP(=O)(O)O)OC(=O)CCCCCCCCCCCC. The molecule has 0 aliphatic heterocycles. The van der Waals surface area contributed by atoms with Crippen molar-refractivity contribution in [1.82, 2.24) is 0 Å². The summed E-state index contributed by atoms with van der Waals surface area (Å²) in [5, 5.41) is 0. The highest BCUT2D eigenvalue weighted by molar-refractivity contribution is 7.46. The third kappa shape index (κ3) is 39.8. The molecule has 0 aromatic rings. The fourth-order valence-corrected chi connectivity index (χ4v) is 6.79. The molecular formula is C41H81O8P. The summed E-state index contributed by atoms with van der Waals surface area (Å²) in [5.74, 6) is -0.871. The van der Waals surface area contributed by atoms with E-state index in [2.05, 4.69) is 18.4 Å². The Morgan fingerprint density at radius 2 is 0.720 bits per heavy atom. The number of ether oxygens (including phenoxy) is 2. The van der Waals surface area contributed by atoms with Crippen LogP contribution in [0.4, 0.5) is 0 Å². The Kier molecular flexibility index (Phi) is 37.1. The second-order valence-corrected chi connectivity index (χ2v) is 15.9. The van der Waals surface area contributed by atoms with Crippen LogP contribution in [0.3, 0.4) is 0 Å². The molecule has 0 bridgehead atoms. The summed E-state index contributed by atoms with van der Waals surface area (Å²) in [6.07, 6.45) is 39.9. The van der Waals surface area contributed by atoms with E-state index in [0.29, 0.717) is 6.42 Å². The molecule has 0 saturated heterocycles.